The minimum Gasteiger partial charge on any atom is -1.00 e. The van der Waals surface area contributed by atoms with Crippen LogP contribution in [0.5, 0.6) is 0 Å². The van der Waals surface area contributed by atoms with Crippen molar-refractivity contribution < 1.29 is 46.4 Å². The van der Waals surface area contributed by atoms with Crippen LogP contribution in [0.3, 0.4) is 0 Å². The Morgan fingerprint density at radius 3 is 2.53 bits per heavy atom. The second-order valence-electron chi connectivity index (χ2n) is 8.15. The van der Waals surface area contributed by atoms with Gasteiger partial charge >= 0.3 is 6.18 Å². The summed E-state index contributed by atoms with van der Waals surface area (Å²) in [5.74, 6) is -0.292. The number of quaternary nitrogens is 1. The maximum absolute atomic E-state index is 13.3. The highest BCUT2D eigenvalue weighted by molar-refractivity contribution is 7.14. The summed E-state index contributed by atoms with van der Waals surface area (Å²) in [6, 6.07) is 8.39. The summed E-state index contributed by atoms with van der Waals surface area (Å²) in [7, 11) is 6.07. The van der Waals surface area contributed by atoms with Crippen LogP contribution >= 0.6 is 11.3 Å². The highest BCUT2D eigenvalue weighted by Crippen LogP contribution is 2.36. The van der Waals surface area contributed by atoms with Gasteiger partial charge in [0.2, 0.25) is 5.91 Å². The largest absolute Gasteiger partial charge is 1.00 e. The first-order valence-electron chi connectivity index (χ1n) is 9.71. The molecule has 3 aromatic rings. The van der Waals surface area contributed by atoms with E-state index in [9.17, 15) is 18.0 Å². The van der Waals surface area contributed by atoms with Crippen molar-refractivity contribution in [3.8, 4) is 11.3 Å². The minimum atomic E-state index is -4.50. The Bertz CT molecular complexity index is 1040. The molecule has 0 aliphatic heterocycles. The van der Waals surface area contributed by atoms with Gasteiger partial charge in [0, 0.05) is 36.2 Å². The van der Waals surface area contributed by atoms with E-state index >= 15 is 0 Å². The third-order valence-electron chi connectivity index (χ3n) is 4.54. The zero-order valence-corrected chi connectivity index (χ0v) is 20.9. The number of halogens is 4. The molecule has 0 saturated heterocycles. The molecule has 3 rings (SSSR count). The van der Waals surface area contributed by atoms with Crippen LogP contribution in [0.1, 0.15) is 18.4 Å². The summed E-state index contributed by atoms with van der Waals surface area (Å²) >= 11 is 1.21. The predicted molar refractivity (Wildman–Crippen MR) is 116 cm³/mol. The number of rotatable bonds is 7. The molecule has 0 radical (unpaired) electrons. The maximum atomic E-state index is 13.3. The number of carbonyl (C=O) groups is 1. The summed E-state index contributed by atoms with van der Waals surface area (Å²) in [4.78, 5) is 23.0. The average molecular weight is 576 g/mol. The van der Waals surface area contributed by atoms with Crippen molar-refractivity contribution in [1.82, 2.24) is 9.97 Å². The predicted octanol–water partition coefficient (Wildman–Crippen LogP) is 2.38. The van der Waals surface area contributed by atoms with Crippen LogP contribution < -0.4 is 28.9 Å². The van der Waals surface area contributed by atoms with E-state index in [4.69, 9.17) is 0 Å². The molecule has 0 bridgehead atoms. The molecule has 172 valence electrons. The fraction of sp³-hybridized carbons (Fsp3) is 0.318. The number of thiazole rings is 1. The van der Waals surface area contributed by atoms with Gasteiger partial charge in [0.25, 0.3) is 0 Å². The summed E-state index contributed by atoms with van der Waals surface area (Å²) in [6.45, 7) is 0.765. The molecule has 32 heavy (non-hydrogen) atoms. The normalized spacial score (nSPS) is 11.7. The van der Waals surface area contributed by atoms with E-state index in [1.165, 1.54) is 28.4 Å². The number of nitrogens with zero attached hydrogens (tertiary/aromatic N) is 4. The molecule has 2 aromatic heterocycles. The lowest BCUT2D eigenvalue weighted by molar-refractivity contribution is -0.870. The Morgan fingerprint density at radius 1 is 1.16 bits per heavy atom. The van der Waals surface area contributed by atoms with E-state index in [1.807, 2.05) is 27.2 Å². The molecule has 0 fully saturated rings. The lowest BCUT2D eigenvalue weighted by Gasteiger charge is -2.25. The van der Waals surface area contributed by atoms with Gasteiger partial charge in [-0.25, -0.2) is 4.98 Å². The molecule has 2 heterocycles. The Labute approximate surface area is 206 Å². The number of aromatic nitrogens is 2. The van der Waals surface area contributed by atoms with Gasteiger partial charge in [-0.1, -0.05) is 6.07 Å². The zero-order chi connectivity index (χ0) is 22.6. The van der Waals surface area contributed by atoms with Crippen LogP contribution in [-0.4, -0.2) is 48.0 Å². The fourth-order valence-electron chi connectivity index (χ4n) is 3.01. The van der Waals surface area contributed by atoms with E-state index in [0.717, 1.165) is 24.2 Å². The van der Waals surface area contributed by atoms with E-state index in [0.29, 0.717) is 21.7 Å². The Morgan fingerprint density at radius 2 is 1.91 bits per heavy atom. The molecule has 1 amide bonds. The topological polar surface area (TPSA) is 46.1 Å². The summed E-state index contributed by atoms with van der Waals surface area (Å²) in [5.41, 5.74) is 0.728. The van der Waals surface area contributed by atoms with Gasteiger partial charge in [-0.05, 0) is 30.3 Å². The minimum absolute atomic E-state index is 0. The number of carbonyl (C=O) groups excluding carboxylic acids is 1. The summed E-state index contributed by atoms with van der Waals surface area (Å²) < 4.78 is 40.5. The van der Waals surface area contributed by atoms with Crippen molar-refractivity contribution >= 4 is 28.1 Å². The van der Waals surface area contributed by atoms with Crippen molar-refractivity contribution in [2.45, 2.75) is 19.0 Å². The average Bonchev–Trinajstić information content (AvgIpc) is 3.17. The SMILES string of the molecule is C[N+](C)(C)CCCC(=O)N(c1cccc(C(F)(F)F)c1)c1nc(-c2cccnc2)cs1.[I-]. The number of alkyl halides is 3. The molecule has 1 aromatic carbocycles. The summed E-state index contributed by atoms with van der Waals surface area (Å²) in [6.07, 6.45) is -0.399. The molecule has 0 spiro atoms. The zero-order valence-electron chi connectivity index (χ0n) is 17.9. The quantitative estimate of drug-likeness (QED) is 0.321. The van der Waals surface area contributed by atoms with Crippen molar-refractivity contribution in [3.05, 3.63) is 59.7 Å². The smallest absolute Gasteiger partial charge is 0.416 e. The molecule has 0 atom stereocenters. The van der Waals surface area contributed by atoms with Gasteiger partial charge in [0.05, 0.1) is 44.6 Å². The van der Waals surface area contributed by atoms with Crippen LogP contribution in [0.25, 0.3) is 11.3 Å². The number of amides is 1. The van der Waals surface area contributed by atoms with Gasteiger partial charge in [-0.2, -0.15) is 13.2 Å². The number of hydrogen-bond donors (Lipinski definition) is 0. The number of anilines is 2. The molecule has 0 aliphatic rings. The Kier molecular flexibility index (Phi) is 8.77. The van der Waals surface area contributed by atoms with E-state index in [2.05, 4.69) is 9.97 Å². The number of pyridine rings is 1. The molecule has 0 N–H and O–H groups in total. The molecular formula is C22H24F3IN4OS. The molecular weight excluding hydrogens is 552 g/mol. The van der Waals surface area contributed by atoms with Crippen LogP contribution in [0.4, 0.5) is 24.0 Å². The van der Waals surface area contributed by atoms with E-state index in [1.54, 1.807) is 23.8 Å². The molecule has 0 unspecified atom stereocenters. The Hall–Kier alpha value is -2.05. The van der Waals surface area contributed by atoms with E-state index < -0.39 is 11.7 Å². The van der Waals surface area contributed by atoms with Crippen LogP contribution in [0.2, 0.25) is 0 Å². The van der Waals surface area contributed by atoms with Crippen LogP contribution in [0.15, 0.2) is 54.2 Å². The van der Waals surface area contributed by atoms with Crippen molar-refractivity contribution in [2.75, 3.05) is 32.6 Å². The van der Waals surface area contributed by atoms with Crippen molar-refractivity contribution in [2.24, 2.45) is 0 Å². The second-order valence-corrected chi connectivity index (χ2v) is 8.99. The third-order valence-corrected chi connectivity index (χ3v) is 5.37. The van der Waals surface area contributed by atoms with Crippen LogP contribution in [-0.2, 0) is 11.0 Å². The van der Waals surface area contributed by atoms with Gasteiger partial charge in [0.1, 0.15) is 0 Å². The lowest BCUT2D eigenvalue weighted by atomic mass is 10.1. The number of hydrogen-bond acceptors (Lipinski definition) is 4. The summed E-state index contributed by atoms with van der Waals surface area (Å²) in [5, 5.41) is 2.10. The fourth-order valence-corrected chi connectivity index (χ4v) is 3.88. The standard InChI is InChI=1S/C22H24F3N4OS.HI/c1-29(2,3)12-6-10-20(30)28(18-9-4-8-17(13-18)22(23,24)25)21-27-19(15-31-21)16-7-5-11-26-14-16;/h4-5,7-9,11,13-15H,6,10,12H2,1-3H3;1H/q+1;/p-1. The monoisotopic (exact) mass is 576 g/mol. The number of benzene rings is 1. The maximum Gasteiger partial charge on any atom is 0.416 e. The van der Waals surface area contributed by atoms with Gasteiger partial charge in [-0.15, -0.1) is 11.3 Å². The van der Waals surface area contributed by atoms with Crippen molar-refractivity contribution in [3.63, 3.8) is 0 Å². The first kappa shape index (κ1) is 26.2. The second kappa shape index (κ2) is 10.7. The molecule has 5 nitrogen and oxygen atoms in total. The van der Waals surface area contributed by atoms with Gasteiger partial charge in [0.15, 0.2) is 5.13 Å². The first-order chi connectivity index (χ1) is 14.5. The molecule has 10 heteroatoms. The highest BCUT2D eigenvalue weighted by atomic mass is 127. The lowest BCUT2D eigenvalue weighted by Crippen LogP contribution is -3.00. The van der Waals surface area contributed by atoms with E-state index in [-0.39, 0.29) is 42.0 Å². The highest BCUT2D eigenvalue weighted by Gasteiger charge is 2.32. The third kappa shape index (κ3) is 6.97. The molecule has 0 saturated carbocycles. The first-order valence-corrected chi connectivity index (χ1v) is 10.6. The van der Waals surface area contributed by atoms with Crippen LogP contribution in [0, 0.1) is 0 Å². The van der Waals surface area contributed by atoms with Gasteiger partial charge in [-0.3, -0.25) is 14.7 Å². The Balaban J connectivity index is 0.00000363. The molecule has 0 aliphatic carbocycles. The van der Waals surface area contributed by atoms with Gasteiger partial charge < -0.3 is 28.5 Å². The van der Waals surface area contributed by atoms with Crippen molar-refractivity contribution in [1.29, 1.82) is 0 Å².